The fourth-order valence-corrected chi connectivity index (χ4v) is 8.10. The number of benzene rings is 7. The number of nitrogens with zero attached hydrogens (tertiary/aromatic N) is 4. The Morgan fingerprint density at radius 3 is 1.63 bits per heavy atom. The third-order valence-corrected chi connectivity index (χ3v) is 10.2. The summed E-state index contributed by atoms with van der Waals surface area (Å²) in [4.78, 5) is 5.39. The Kier molecular flexibility index (Phi) is 5.35. The topological polar surface area (TPSA) is 27.2 Å². The second kappa shape index (κ2) is 9.93. The number of hydrogen-bond donors (Lipinski definition) is 0. The van der Waals surface area contributed by atoms with Crippen LogP contribution in [-0.2, 0) is 0 Å². The van der Waals surface area contributed by atoms with Crippen LogP contribution in [0.2, 0.25) is 0 Å². The summed E-state index contributed by atoms with van der Waals surface area (Å²) in [6.07, 6.45) is 0. The van der Waals surface area contributed by atoms with Gasteiger partial charge in [-0.2, -0.15) is 0 Å². The van der Waals surface area contributed by atoms with Gasteiger partial charge in [0.25, 0.3) is 0 Å². The summed E-state index contributed by atoms with van der Waals surface area (Å²) >= 11 is 0. The average molecular weight is 625 g/mol. The summed E-state index contributed by atoms with van der Waals surface area (Å²) in [5.74, 6) is 0. The second-order valence-electron chi connectivity index (χ2n) is 12.8. The van der Waals surface area contributed by atoms with Crippen LogP contribution in [0.15, 0.2) is 170 Å². The standard InChI is InChI=1S/C45H28N4/c1-3-13-31(14-4-1)47-39-21-11-9-17-33(39)37-27-29(23-25-41(37)47)30-24-26-42-38(28-30)46-44-35-19-8-7-18-34(35)43-36-20-10-12-22-40(36)48(45(43)49(42)44)32-15-5-2-6-16-32/h1-28H. The SMILES string of the molecule is c1ccc(-n2c3ccccc3c3cc(-c4ccc5c(c4)nc4c6ccccc6c6c7ccccc7n(-c7ccccc7)c6n54)ccc32)cc1. The molecular formula is C45H28N4. The Morgan fingerprint density at radius 1 is 0.367 bits per heavy atom. The smallest absolute Gasteiger partial charge is 0.147 e. The molecule has 7 aromatic carbocycles. The monoisotopic (exact) mass is 624 g/mol. The van der Waals surface area contributed by atoms with E-state index in [4.69, 9.17) is 4.98 Å². The van der Waals surface area contributed by atoms with E-state index in [-0.39, 0.29) is 0 Å². The predicted molar refractivity (Wildman–Crippen MR) is 204 cm³/mol. The zero-order chi connectivity index (χ0) is 32.1. The summed E-state index contributed by atoms with van der Waals surface area (Å²) in [7, 11) is 0. The molecule has 11 aromatic rings. The van der Waals surface area contributed by atoms with Gasteiger partial charge in [0.1, 0.15) is 11.3 Å². The van der Waals surface area contributed by atoms with Gasteiger partial charge in [-0.25, -0.2) is 4.98 Å². The maximum Gasteiger partial charge on any atom is 0.147 e. The summed E-state index contributed by atoms with van der Waals surface area (Å²) in [5.41, 5.74) is 12.4. The molecule has 11 rings (SSSR count). The van der Waals surface area contributed by atoms with Gasteiger partial charge in [0.05, 0.1) is 27.6 Å². The lowest BCUT2D eigenvalue weighted by Gasteiger charge is -2.11. The molecule has 4 heteroatoms. The highest BCUT2D eigenvalue weighted by Gasteiger charge is 2.22. The van der Waals surface area contributed by atoms with Crippen molar-refractivity contribution in [3.05, 3.63) is 170 Å². The van der Waals surface area contributed by atoms with E-state index in [0.717, 1.165) is 39.0 Å². The van der Waals surface area contributed by atoms with E-state index in [1.54, 1.807) is 0 Å². The Morgan fingerprint density at radius 2 is 0.898 bits per heavy atom. The first-order chi connectivity index (χ1) is 24.3. The lowest BCUT2D eigenvalue weighted by atomic mass is 10.0. The highest BCUT2D eigenvalue weighted by atomic mass is 15.1. The summed E-state index contributed by atoms with van der Waals surface area (Å²) < 4.78 is 7.14. The van der Waals surface area contributed by atoms with Crippen LogP contribution in [0.5, 0.6) is 0 Å². The van der Waals surface area contributed by atoms with Gasteiger partial charge in [0.2, 0.25) is 0 Å². The summed E-state index contributed by atoms with van der Waals surface area (Å²) in [6.45, 7) is 0. The van der Waals surface area contributed by atoms with Gasteiger partial charge in [-0.3, -0.25) is 8.97 Å². The molecule has 0 saturated heterocycles. The van der Waals surface area contributed by atoms with Gasteiger partial charge in [0.15, 0.2) is 0 Å². The average Bonchev–Trinajstić information content (AvgIpc) is 3.83. The first-order valence-corrected chi connectivity index (χ1v) is 16.7. The van der Waals surface area contributed by atoms with Crippen LogP contribution >= 0.6 is 0 Å². The molecular weight excluding hydrogens is 597 g/mol. The summed E-state index contributed by atoms with van der Waals surface area (Å²) in [6, 6.07) is 61.1. The van der Waals surface area contributed by atoms with Crippen molar-refractivity contribution >= 4 is 71.2 Å². The normalized spacial score (nSPS) is 12.1. The molecule has 0 spiro atoms. The lowest BCUT2D eigenvalue weighted by molar-refractivity contribution is 1.11. The molecule has 0 aliphatic rings. The third kappa shape index (κ3) is 3.66. The Bertz CT molecular complexity index is 3090. The van der Waals surface area contributed by atoms with Gasteiger partial charge in [0, 0.05) is 38.3 Å². The van der Waals surface area contributed by atoms with Crippen LogP contribution in [-0.4, -0.2) is 18.5 Å². The Balaban J connectivity index is 1.20. The number of pyridine rings is 1. The highest BCUT2D eigenvalue weighted by molar-refractivity contribution is 6.24. The number of rotatable bonds is 3. The zero-order valence-electron chi connectivity index (χ0n) is 26.5. The molecule has 0 bridgehead atoms. The van der Waals surface area contributed by atoms with Crippen molar-refractivity contribution in [3.63, 3.8) is 0 Å². The van der Waals surface area contributed by atoms with E-state index in [0.29, 0.717) is 0 Å². The fraction of sp³-hybridized carbons (Fsp3) is 0. The highest BCUT2D eigenvalue weighted by Crippen LogP contribution is 2.41. The van der Waals surface area contributed by atoms with Crippen LogP contribution in [0, 0.1) is 0 Å². The molecule has 4 aromatic heterocycles. The van der Waals surface area contributed by atoms with E-state index in [1.807, 2.05) is 0 Å². The number of para-hydroxylation sites is 4. The molecule has 0 radical (unpaired) electrons. The van der Waals surface area contributed by atoms with Crippen molar-refractivity contribution in [1.29, 1.82) is 0 Å². The Labute approximate surface area is 281 Å². The molecule has 0 amide bonds. The molecule has 0 unspecified atom stereocenters. The van der Waals surface area contributed by atoms with Gasteiger partial charge >= 0.3 is 0 Å². The maximum atomic E-state index is 5.39. The fourth-order valence-electron chi connectivity index (χ4n) is 8.10. The van der Waals surface area contributed by atoms with Gasteiger partial charge < -0.3 is 4.57 Å². The van der Waals surface area contributed by atoms with E-state index in [1.165, 1.54) is 54.7 Å². The number of aromatic nitrogens is 4. The van der Waals surface area contributed by atoms with Crippen LogP contribution in [0.25, 0.3) is 93.7 Å². The van der Waals surface area contributed by atoms with Gasteiger partial charge in [-0.15, -0.1) is 0 Å². The van der Waals surface area contributed by atoms with Crippen LogP contribution in [0.1, 0.15) is 0 Å². The maximum absolute atomic E-state index is 5.39. The van der Waals surface area contributed by atoms with E-state index in [2.05, 4.69) is 183 Å². The lowest BCUT2D eigenvalue weighted by Crippen LogP contribution is -1.99. The molecule has 0 aliphatic heterocycles. The molecule has 0 atom stereocenters. The molecule has 0 aliphatic carbocycles. The quantitative estimate of drug-likeness (QED) is 0.192. The van der Waals surface area contributed by atoms with Gasteiger partial charge in [-0.1, -0.05) is 109 Å². The van der Waals surface area contributed by atoms with Crippen molar-refractivity contribution < 1.29 is 0 Å². The largest absolute Gasteiger partial charge is 0.309 e. The van der Waals surface area contributed by atoms with Crippen molar-refractivity contribution in [2.24, 2.45) is 0 Å². The minimum atomic E-state index is 0.969. The molecule has 0 saturated carbocycles. The minimum absolute atomic E-state index is 0.969. The molecule has 0 N–H and O–H groups in total. The first kappa shape index (κ1) is 26.4. The Hall–Kier alpha value is -6.65. The third-order valence-electron chi connectivity index (χ3n) is 10.2. The van der Waals surface area contributed by atoms with E-state index < -0.39 is 0 Å². The summed E-state index contributed by atoms with van der Waals surface area (Å²) in [5, 5.41) is 7.34. The van der Waals surface area contributed by atoms with Crippen LogP contribution in [0.4, 0.5) is 0 Å². The predicted octanol–water partition coefficient (Wildman–Crippen LogP) is 11.5. The van der Waals surface area contributed by atoms with Crippen molar-refractivity contribution in [3.8, 4) is 22.5 Å². The van der Waals surface area contributed by atoms with Crippen LogP contribution < -0.4 is 0 Å². The van der Waals surface area contributed by atoms with Crippen molar-refractivity contribution in [2.45, 2.75) is 0 Å². The molecule has 49 heavy (non-hydrogen) atoms. The van der Waals surface area contributed by atoms with E-state index in [9.17, 15) is 0 Å². The second-order valence-corrected chi connectivity index (χ2v) is 12.8. The number of hydrogen-bond acceptors (Lipinski definition) is 1. The van der Waals surface area contributed by atoms with Gasteiger partial charge in [-0.05, 0) is 77.2 Å². The number of fused-ring (bicyclic) bond motifs is 13. The van der Waals surface area contributed by atoms with Crippen molar-refractivity contribution in [1.82, 2.24) is 18.5 Å². The molecule has 228 valence electrons. The van der Waals surface area contributed by atoms with Crippen LogP contribution in [0.3, 0.4) is 0 Å². The van der Waals surface area contributed by atoms with Crippen molar-refractivity contribution in [2.75, 3.05) is 0 Å². The van der Waals surface area contributed by atoms with E-state index >= 15 is 0 Å². The molecule has 4 nitrogen and oxygen atoms in total. The zero-order valence-corrected chi connectivity index (χ0v) is 26.5. The number of imidazole rings is 1. The molecule has 0 fully saturated rings. The minimum Gasteiger partial charge on any atom is -0.309 e. The molecule has 4 heterocycles. The first-order valence-electron chi connectivity index (χ1n) is 16.7.